The number of carbonyl (C=O) groups is 1. The number of hydrogen-bond acceptors (Lipinski definition) is 5. The second-order valence-electron chi connectivity index (χ2n) is 4.40. The molecule has 19 heavy (non-hydrogen) atoms. The van der Waals surface area contributed by atoms with E-state index in [0.717, 1.165) is 24.2 Å². The lowest BCUT2D eigenvalue weighted by Crippen LogP contribution is -2.19. The first-order valence-corrected chi connectivity index (χ1v) is 7.21. The van der Waals surface area contributed by atoms with Gasteiger partial charge in [-0.05, 0) is 18.4 Å². The van der Waals surface area contributed by atoms with Gasteiger partial charge in [0.05, 0.1) is 12.0 Å². The van der Waals surface area contributed by atoms with Crippen LogP contribution in [0.15, 0.2) is 28.4 Å². The van der Waals surface area contributed by atoms with Gasteiger partial charge in [0.15, 0.2) is 5.17 Å². The van der Waals surface area contributed by atoms with E-state index in [0.29, 0.717) is 10.9 Å². The maximum atomic E-state index is 11.0. The molecule has 1 fully saturated rings. The molecule has 2 aliphatic heterocycles. The maximum Gasteiger partial charge on any atom is 0.236 e. The summed E-state index contributed by atoms with van der Waals surface area (Å²) in [6.45, 7) is 0.998. The zero-order valence-electron chi connectivity index (χ0n) is 10.3. The molecule has 0 saturated carbocycles. The number of nitrogens with one attached hydrogen (secondary N) is 2. The monoisotopic (exact) mass is 274 g/mol. The largest absolute Gasteiger partial charge is 0.384 e. The Labute approximate surface area is 115 Å². The van der Waals surface area contributed by atoms with Crippen LogP contribution in [0.25, 0.3) is 0 Å². The average molecular weight is 274 g/mol. The highest BCUT2D eigenvalue weighted by atomic mass is 32.2. The van der Waals surface area contributed by atoms with Crippen LogP contribution in [0.3, 0.4) is 0 Å². The Morgan fingerprint density at radius 1 is 1.37 bits per heavy atom. The van der Waals surface area contributed by atoms with Gasteiger partial charge in [0.2, 0.25) is 5.91 Å². The van der Waals surface area contributed by atoms with Crippen molar-refractivity contribution in [3.63, 3.8) is 0 Å². The van der Waals surface area contributed by atoms with Gasteiger partial charge in [-0.25, -0.2) is 0 Å². The lowest BCUT2D eigenvalue weighted by Gasteiger charge is -2.19. The number of amides is 1. The molecule has 0 aliphatic carbocycles. The highest BCUT2D eigenvalue weighted by Crippen LogP contribution is 2.24. The molecule has 0 bridgehead atoms. The molecule has 0 atom stereocenters. The highest BCUT2D eigenvalue weighted by Gasteiger charge is 2.16. The SMILES string of the molecule is O=C1CSC(=NN=Cc2cccc3c2NCCC3)N1. The fourth-order valence-electron chi connectivity index (χ4n) is 2.17. The number of hydrogen-bond donors (Lipinski definition) is 2. The van der Waals surface area contributed by atoms with Crippen LogP contribution in [0.4, 0.5) is 5.69 Å². The number of fused-ring (bicyclic) bond motifs is 1. The Balaban J connectivity index is 1.78. The molecular weight excluding hydrogens is 260 g/mol. The lowest BCUT2D eigenvalue weighted by atomic mass is 10.00. The molecule has 1 amide bonds. The molecule has 1 saturated heterocycles. The van der Waals surface area contributed by atoms with E-state index in [2.05, 4.69) is 26.9 Å². The van der Waals surface area contributed by atoms with Crippen LogP contribution >= 0.6 is 11.8 Å². The number of amidine groups is 1. The van der Waals surface area contributed by atoms with Crippen molar-refractivity contribution in [1.29, 1.82) is 0 Å². The third kappa shape index (κ3) is 2.78. The number of aryl methyl sites for hydroxylation is 1. The Hall–Kier alpha value is -1.82. The van der Waals surface area contributed by atoms with Gasteiger partial charge in [-0.15, -0.1) is 5.10 Å². The number of para-hydroxylation sites is 1. The van der Waals surface area contributed by atoms with Crippen LogP contribution in [-0.4, -0.2) is 29.6 Å². The molecule has 0 radical (unpaired) electrons. The number of thioether (sulfide) groups is 1. The zero-order chi connectivity index (χ0) is 13.1. The molecule has 2 heterocycles. The van der Waals surface area contributed by atoms with E-state index in [1.807, 2.05) is 12.1 Å². The van der Waals surface area contributed by atoms with E-state index in [1.54, 1.807) is 6.21 Å². The van der Waals surface area contributed by atoms with E-state index in [1.165, 1.54) is 23.7 Å². The summed E-state index contributed by atoms with van der Waals surface area (Å²) in [5, 5.41) is 14.7. The molecule has 0 aromatic heterocycles. The van der Waals surface area contributed by atoms with Gasteiger partial charge in [-0.1, -0.05) is 30.0 Å². The Morgan fingerprint density at radius 2 is 2.32 bits per heavy atom. The van der Waals surface area contributed by atoms with Crippen LogP contribution in [0.2, 0.25) is 0 Å². The molecule has 98 valence electrons. The molecular formula is C13H14N4OS. The van der Waals surface area contributed by atoms with E-state index < -0.39 is 0 Å². The Morgan fingerprint density at radius 3 is 3.16 bits per heavy atom. The van der Waals surface area contributed by atoms with Crippen molar-refractivity contribution in [3.8, 4) is 0 Å². The summed E-state index contributed by atoms with van der Waals surface area (Å²) < 4.78 is 0. The fraction of sp³-hybridized carbons (Fsp3) is 0.308. The van der Waals surface area contributed by atoms with Crippen LogP contribution in [-0.2, 0) is 11.2 Å². The molecule has 1 aromatic rings. The molecule has 0 spiro atoms. The number of carbonyl (C=O) groups excluding carboxylic acids is 1. The van der Waals surface area contributed by atoms with Gasteiger partial charge in [-0.3, -0.25) is 4.79 Å². The topological polar surface area (TPSA) is 65.8 Å². The minimum Gasteiger partial charge on any atom is -0.384 e. The van der Waals surface area contributed by atoms with Crippen LogP contribution in [0.5, 0.6) is 0 Å². The predicted octanol–water partition coefficient (Wildman–Crippen LogP) is 1.60. The summed E-state index contributed by atoms with van der Waals surface area (Å²) in [6.07, 6.45) is 4.00. The van der Waals surface area contributed by atoms with Crippen molar-refractivity contribution in [1.82, 2.24) is 5.32 Å². The fourth-order valence-corrected chi connectivity index (χ4v) is 2.80. The quantitative estimate of drug-likeness (QED) is 0.636. The van der Waals surface area contributed by atoms with Gasteiger partial charge >= 0.3 is 0 Å². The predicted molar refractivity (Wildman–Crippen MR) is 78.9 cm³/mol. The number of nitrogens with zero attached hydrogens (tertiary/aromatic N) is 2. The van der Waals surface area contributed by atoms with E-state index >= 15 is 0 Å². The van der Waals surface area contributed by atoms with Crippen LogP contribution < -0.4 is 10.6 Å². The van der Waals surface area contributed by atoms with Gasteiger partial charge in [-0.2, -0.15) is 5.10 Å². The number of benzene rings is 1. The van der Waals surface area contributed by atoms with Crippen LogP contribution in [0, 0.1) is 0 Å². The van der Waals surface area contributed by atoms with Crippen molar-refractivity contribution >= 4 is 34.7 Å². The van der Waals surface area contributed by atoms with E-state index in [-0.39, 0.29) is 5.91 Å². The van der Waals surface area contributed by atoms with E-state index in [9.17, 15) is 4.79 Å². The van der Waals surface area contributed by atoms with Gasteiger partial charge in [0.1, 0.15) is 0 Å². The van der Waals surface area contributed by atoms with Crippen LogP contribution in [0.1, 0.15) is 17.5 Å². The average Bonchev–Trinajstić information content (AvgIpc) is 2.85. The Bertz CT molecular complexity index is 568. The lowest BCUT2D eigenvalue weighted by molar-refractivity contribution is -0.116. The van der Waals surface area contributed by atoms with E-state index in [4.69, 9.17) is 0 Å². The molecule has 1 aromatic carbocycles. The first-order valence-electron chi connectivity index (χ1n) is 6.22. The summed E-state index contributed by atoms with van der Waals surface area (Å²) in [6, 6.07) is 6.19. The first-order chi connectivity index (χ1) is 9.33. The smallest absolute Gasteiger partial charge is 0.236 e. The first kappa shape index (κ1) is 12.2. The van der Waals surface area contributed by atoms with Gasteiger partial charge in [0.25, 0.3) is 0 Å². The minimum atomic E-state index is -0.0160. The van der Waals surface area contributed by atoms with Crippen molar-refractivity contribution in [2.45, 2.75) is 12.8 Å². The Kier molecular flexibility index (Phi) is 3.50. The summed E-state index contributed by atoms with van der Waals surface area (Å²) in [7, 11) is 0. The number of rotatable bonds is 2. The molecule has 6 heteroatoms. The molecule has 2 aliphatic rings. The summed E-state index contributed by atoms with van der Waals surface area (Å²) in [5.74, 6) is 0.411. The molecule has 5 nitrogen and oxygen atoms in total. The summed E-state index contributed by atoms with van der Waals surface area (Å²) in [4.78, 5) is 11.0. The normalized spacial score (nSPS) is 20.4. The van der Waals surface area contributed by atoms with Crippen molar-refractivity contribution in [2.24, 2.45) is 10.2 Å². The minimum absolute atomic E-state index is 0.0160. The molecule has 2 N–H and O–H groups in total. The summed E-state index contributed by atoms with van der Waals surface area (Å²) in [5.41, 5.74) is 3.52. The second-order valence-corrected chi connectivity index (χ2v) is 5.36. The molecule has 0 unspecified atom stereocenters. The van der Waals surface area contributed by atoms with Crippen molar-refractivity contribution < 1.29 is 4.79 Å². The summed E-state index contributed by atoms with van der Waals surface area (Å²) >= 11 is 1.37. The highest BCUT2D eigenvalue weighted by molar-refractivity contribution is 8.15. The van der Waals surface area contributed by atoms with Gasteiger partial charge in [0, 0.05) is 17.8 Å². The van der Waals surface area contributed by atoms with Gasteiger partial charge < -0.3 is 10.6 Å². The van der Waals surface area contributed by atoms with Crippen molar-refractivity contribution in [2.75, 3.05) is 17.6 Å². The third-order valence-electron chi connectivity index (χ3n) is 3.04. The third-order valence-corrected chi connectivity index (χ3v) is 3.90. The second kappa shape index (κ2) is 5.44. The number of anilines is 1. The van der Waals surface area contributed by atoms with Crippen molar-refractivity contribution in [3.05, 3.63) is 29.3 Å². The zero-order valence-corrected chi connectivity index (χ0v) is 11.2. The molecule has 3 rings (SSSR count). The standard InChI is InChI=1S/C13H14N4OS/c18-11-8-19-13(16-11)17-15-7-10-4-1-3-9-5-2-6-14-12(9)10/h1,3-4,7,14H,2,5-6,8H2,(H,16,17,18). The maximum absolute atomic E-state index is 11.0.